The molecule has 0 radical (unpaired) electrons. The first kappa shape index (κ1) is 17.7. The zero-order valence-corrected chi connectivity index (χ0v) is 15.4. The number of aryl methyl sites for hydroxylation is 2. The molecule has 0 aromatic carbocycles. The lowest BCUT2D eigenvalue weighted by Gasteiger charge is -2.33. The summed E-state index contributed by atoms with van der Waals surface area (Å²) in [5, 5.41) is 0. The van der Waals surface area contributed by atoms with E-state index in [2.05, 4.69) is 9.97 Å². The van der Waals surface area contributed by atoms with Crippen LogP contribution < -0.4 is 5.73 Å². The summed E-state index contributed by atoms with van der Waals surface area (Å²) in [6.07, 6.45) is 11.4. The molecule has 0 spiro atoms. The number of pyridine rings is 1. The van der Waals surface area contributed by atoms with Gasteiger partial charge in [-0.2, -0.15) is 0 Å². The third kappa shape index (κ3) is 3.72. The van der Waals surface area contributed by atoms with Crippen LogP contribution in [0.1, 0.15) is 59.0 Å². The molecule has 1 aliphatic heterocycles. The molecule has 1 atom stereocenters. The number of carbonyl (C=O) groups excluding carboxylic acids is 2. The van der Waals surface area contributed by atoms with Crippen molar-refractivity contribution in [1.82, 2.24) is 19.4 Å². The maximum absolute atomic E-state index is 13.0. The molecule has 2 amide bonds. The molecule has 27 heavy (non-hydrogen) atoms. The van der Waals surface area contributed by atoms with Crippen LogP contribution in [0.15, 0.2) is 24.7 Å². The van der Waals surface area contributed by atoms with Crippen molar-refractivity contribution in [2.24, 2.45) is 5.73 Å². The predicted octanol–water partition coefficient (Wildman–Crippen LogP) is 1.66. The molecule has 2 aromatic heterocycles. The van der Waals surface area contributed by atoms with E-state index in [1.807, 2.05) is 11.0 Å². The fourth-order valence-corrected chi connectivity index (χ4v) is 4.24. The maximum atomic E-state index is 13.0. The van der Waals surface area contributed by atoms with Gasteiger partial charge >= 0.3 is 0 Å². The van der Waals surface area contributed by atoms with Gasteiger partial charge < -0.3 is 15.2 Å². The number of imidazole rings is 1. The Morgan fingerprint density at radius 2 is 2.04 bits per heavy atom. The van der Waals surface area contributed by atoms with Gasteiger partial charge in [0.15, 0.2) is 0 Å². The zero-order valence-electron chi connectivity index (χ0n) is 15.4. The average molecular weight is 367 g/mol. The lowest BCUT2D eigenvalue weighted by Crippen LogP contribution is -2.40. The molecule has 1 aliphatic carbocycles. The molecular formula is C20H25N5O2. The number of fused-ring (bicyclic) bond motifs is 1. The topological polar surface area (TPSA) is 94.1 Å². The Kier molecular flexibility index (Phi) is 4.92. The van der Waals surface area contributed by atoms with Crippen LogP contribution in [-0.4, -0.2) is 44.3 Å². The van der Waals surface area contributed by atoms with Crippen LogP contribution in [0.25, 0.3) is 0 Å². The number of primary amides is 1. The summed E-state index contributed by atoms with van der Waals surface area (Å²) in [5.74, 6) is 0.587. The quantitative estimate of drug-likeness (QED) is 0.889. The Hall–Kier alpha value is -2.70. The number of aromatic nitrogens is 3. The third-order valence-electron chi connectivity index (χ3n) is 5.56. The molecule has 1 saturated heterocycles. The fourth-order valence-electron chi connectivity index (χ4n) is 4.24. The van der Waals surface area contributed by atoms with Gasteiger partial charge in [-0.05, 0) is 50.2 Å². The number of carbonyl (C=O) groups is 2. The summed E-state index contributed by atoms with van der Waals surface area (Å²) in [5.41, 5.74) is 8.37. The lowest BCUT2D eigenvalue weighted by atomic mass is 9.94. The first-order chi connectivity index (χ1) is 13.1. The lowest BCUT2D eigenvalue weighted by molar-refractivity contribution is -0.118. The van der Waals surface area contributed by atoms with Gasteiger partial charge in [0.1, 0.15) is 12.4 Å². The van der Waals surface area contributed by atoms with Gasteiger partial charge in [0.25, 0.3) is 5.91 Å². The van der Waals surface area contributed by atoms with Crippen molar-refractivity contribution in [2.75, 3.05) is 13.1 Å². The summed E-state index contributed by atoms with van der Waals surface area (Å²) in [7, 11) is 0. The normalized spacial score (nSPS) is 19.6. The fraction of sp³-hybridized carbons (Fsp3) is 0.500. The van der Waals surface area contributed by atoms with Crippen molar-refractivity contribution in [3.8, 4) is 0 Å². The van der Waals surface area contributed by atoms with E-state index >= 15 is 0 Å². The van der Waals surface area contributed by atoms with E-state index in [1.165, 1.54) is 18.4 Å². The highest BCUT2D eigenvalue weighted by Gasteiger charge is 2.28. The van der Waals surface area contributed by atoms with Crippen LogP contribution in [0.5, 0.6) is 0 Å². The van der Waals surface area contributed by atoms with Crippen LogP contribution in [0.2, 0.25) is 0 Å². The number of hydrogen-bond acceptors (Lipinski definition) is 4. The average Bonchev–Trinajstić information content (AvgIpc) is 3.14. The van der Waals surface area contributed by atoms with Gasteiger partial charge in [-0.25, -0.2) is 4.98 Å². The van der Waals surface area contributed by atoms with Gasteiger partial charge in [0.2, 0.25) is 5.91 Å². The van der Waals surface area contributed by atoms with Crippen LogP contribution in [0.4, 0.5) is 0 Å². The Morgan fingerprint density at radius 3 is 2.89 bits per heavy atom. The second kappa shape index (κ2) is 7.50. The summed E-state index contributed by atoms with van der Waals surface area (Å²) in [4.78, 5) is 35.2. The van der Waals surface area contributed by atoms with E-state index in [9.17, 15) is 9.59 Å². The Balaban J connectivity index is 1.50. The SMILES string of the molecule is NC(=O)Cn1ccnc1C1CCCN(C(=O)c2cnc3c(c2)CCCC3)C1. The van der Waals surface area contributed by atoms with Gasteiger partial charge in [-0.1, -0.05) is 0 Å². The highest BCUT2D eigenvalue weighted by molar-refractivity contribution is 5.94. The van der Waals surface area contributed by atoms with Crippen LogP contribution in [0, 0.1) is 0 Å². The number of nitrogens with two attached hydrogens (primary N) is 1. The van der Waals surface area contributed by atoms with E-state index in [0.717, 1.165) is 43.7 Å². The van der Waals surface area contributed by atoms with Gasteiger partial charge in [-0.3, -0.25) is 14.6 Å². The highest BCUT2D eigenvalue weighted by Crippen LogP contribution is 2.27. The second-order valence-corrected chi connectivity index (χ2v) is 7.51. The second-order valence-electron chi connectivity index (χ2n) is 7.51. The summed E-state index contributed by atoms with van der Waals surface area (Å²) >= 11 is 0. The van der Waals surface area contributed by atoms with Crippen molar-refractivity contribution in [3.63, 3.8) is 0 Å². The van der Waals surface area contributed by atoms with Crippen molar-refractivity contribution >= 4 is 11.8 Å². The standard InChI is InChI=1S/C20H25N5O2/c21-18(26)13-24-9-7-22-19(24)15-5-3-8-25(12-15)20(27)16-10-14-4-1-2-6-17(14)23-11-16/h7,9-11,15H,1-6,8,12-13H2,(H2,21,26). The van der Waals surface area contributed by atoms with E-state index in [0.29, 0.717) is 12.1 Å². The van der Waals surface area contributed by atoms with Crippen LogP contribution in [0.3, 0.4) is 0 Å². The minimum Gasteiger partial charge on any atom is -0.368 e. The van der Waals surface area contributed by atoms with Crippen molar-refractivity contribution < 1.29 is 9.59 Å². The maximum Gasteiger partial charge on any atom is 0.255 e. The molecule has 0 bridgehead atoms. The Bertz CT molecular complexity index is 860. The Morgan fingerprint density at radius 1 is 1.19 bits per heavy atom. The highest BCUT2D eigenvalue weighted by atomic mass is 16.2. The summed E-state index contributed by atoms with van der Waals surface area (Å²) in [6, 6.07) is 2.03. The number of nitrogens with zero attached hydrogens (tertiary/aromatic N) is 4. The molecule has 2 aliphatic rings. The van der Waals surface area contributed by atoms with Crippen molar-refractivity contribution in [3.05, 3.63) is 47.3 Å². The minimum absolute atomic E-state index is 0.0357. The van der Waals surface area contributed by atoms with E-state index in [1.54, 1.807) is 23.2 Å². The molecule has 0 saturated carbocycles. The molecule has 3 heterocycles. The largest absolute Gasteiger partial charge is 0.368 e. The van der Waals surface area contributed by atoms with Gasteiger partial charge in [0, 0.05) is 43.3 Å². The first-order valence-corrected chi connectivity index (χ1v) is 9.68. The first-order valence-electron chi connectivity index (χ1n) is 9.68. The monoisotopic (exact) mass is 367 g/mol. The number of piperidine rings is 1. The molecule has 1 unspecified atom stereocenters. The van der Waals surface area contributed by atoms with Crippen LogP contribution in [-0.2, 0) is 24.2 Å². The number of hydrogen-bond donors (Lipinski definition) is 1. The van der Waals surface area contributed by atoms with Crippen LogP contribution >= 0.6 is 0 Å². The molecule has 142 valence electrons. The summed E-state index contributed by atoms with van der Waals surface area (Å²) in [6.45, 7) is 1.46. The van der Waals surface area contributed by atoms with Gasteiger partial charge in [-0.15, -0.1) is 0 Å². The van der Waals surface area contributed by atoms with E-state index in [4.69, 9.17) is 5.73 Å². The molecule has 7 nitrogen and oxygen atoms in total. The molecule has 1 fully saturated rings. The number of rotatable bonds is 4. The minimum atomic E-state index is -0.391. The zero-order chi connectivity index (χ0) is 18.8. The molecule has 2 aromatic rings. The molecule has 7 heteroatoms. The molecular weight excluding hydrogens is 342 g/mol. The predicted molar refractivity (Wildman–Crippen MR) is 100 cm³/mol. The van der Waals surface area contributed by atoms with Crippen molar-refractivity contribution in [2.45, 2.75) is 51.0 Å². The van der Waals surface area contributed by atoms with Gasteiger partial charge in [0.05, 0.1) is 5.56 Å². The molecule has 2 N–H and O–H groups in total. The molecule has 4 rings (SSSR count). The Labute approximate surface area is 158 Å². The third-order valence-corrected chi connectivity index (χ3v) is 5.56. The smallest absolute Gasteiger partial charge is 0.255 e. The van der Waals surface area contributed by atoms with E-state index < -0.39 is 5.91 Å². The number of likely N-dealkylation sites (tertiary alicyclic amines) is 1. The summed E-state index contributed by atoms with van der Waals surface area (Å²) < 4.78 is 1.79. The van der Waals surface area contributed by atoms with E-state index in [-0.39, 0.29) is 18.4 Å². The number of amides is 2. The van der Waals surface area contributed by atoms with Crippen molar-refractivity contribution in [1.29, 1.82) is 0 Å².